The molecule has 8 nitrogen and oxygen atoms in total. The van der Waals surface area contributed by atoms with Crippen LogP contribution in [0.4, 0.5) is 5.69 Å². The van der Waals surface area contributed by atoms with Crippen LogP contribution in [0.1, 0.15) is 24.2 Å². The highest BCUT2D eigenvalue weighted by atomic mass is 16.1. The van der Waals surface area contributed by atoms with Crippen molar-refractivity contribution in [2.24, 2.45) is 10.2 Å². The highest BCUT2D eigenvalue weighted by Gasteiger charge is 2.20. The number of nitrogens with one attached hydrogen (secondary N) is 1. The normalized spacial score (nSPS) is 15.4. The first-order valence-corrected chi connectivity index (χ1v) is 8.57. The fourth-order valence-electron chi connectivity index (χ4n) is 3.20. The molecular weight excluding hydrogens is 342 g/mol. The predicted molar refractivity (Wildman–Crippen MR) is 100 cm³/mol. The molecule has 0 amide bonds. The van der Waals surface area contributed by atoms with E-state index in [1.165, 1.54) is 6.07 Å². The number of aromatic nitrogens is 5. The number of rotatable bonds is 2. The van der Waals surface area contributed by atoms with Gasteiger partial charge in [0, 0.05) is 29.6 Å². The average Bonchev–Trinajstić information content (AvgIpc) is 3.27. The Kier molecular flexibility index (Phi) is 3.27. The number of H-pyrrole nitrogens is 1. The lowest BCUT2D eigenvalue weighted by Gasteiger charge is -2.11. The number of nitrogens with zero attached hydrogens (tertiary/aromatic N) is 6. The summed E-state index contributed by atoms with van der Waals surface area (Å²) in [7, 11) is 0. The number of hydrogen-bond acceptors (Lipinski definition) is 6. The van der Waals surface area contributed by atoms with Crippen molar-refractivity contribution in [3.8, 4) is 17.1 Å². The minimum Gasteiger partial charge on any atom is -0.345 e. The number of fused-ring (bicyclic) bond motifs is 2. The summed E-state index contributed by atoms with van der Waals surface area (Å²) in [5.74, 6) is 0.553. The van der Waals surface area contributed by atoms with Crippen molar-refractivity contribution in [1.82, 2.24) is 24.7 Å². The van der Waals surface area contributed by atoms with E-state index in [2.05, 4.69) is 30.3 Å². The Morgan fingerprint density at radius 1 is 1.15 bits per heavy atom. The molecule has 0 saturated heterocycles. The van der Waals surface area contributed by atoms with Gasteiger partial charge >= 0.3 is 0 Å². The van der Waals surface area contributed by atoms with Crippen LogP contribution in [0.2, 0.25) is 0 Å². The number of azo groups is 1. The standard InChI is InChI=1S/C19H15N7O/c1-10-6-8-26(25-10)19-16(21-17-15(27)5-7-20-18(17)22-19)12-3-4-14-13(9-12)11(2)23-24-14/h3-9,11H,1-2H3,(H,20,22,27). The van der Waals surface area contributed by atoms with E-state index in [4.69, 9.17) is 0 Å². The van der Waals surface area contributed by atoms with Crippen LogP contribution in [-0.2, 0) is 0 Å². The summed E-state index contributed by atoms with van der Waals surface area (Å²) in [6.07, 6.45) is 3.40. The third kappa shape index (κ3) is 2.45. The van der Waals surface area contributed by atoms with E-state index in [0.29, 0.717) is 22.7 Å². The first-order valence-electron chi connectivity index (χ1n) is 8.57. The van der Waals surface area contributed by atoms with Crippen LogP contribution in [0.25, 0.3) is 28.2 Å². The second-order valence-corrected chi connectivity index (χ2v) is 6.50. The Hall–Kier alpha value is -3.68. The summed E-state index contributed by atoms with van der Waals surface area (Å²) >= 11 is 0. The van der Waals surface area contributed by atoms with E-state index in [1.807, 2.05) is 44.3 Å². The van der Waals surface area contributed by atoms with Crippen LogP contribution in [0.3, 0.4) is 0 Å². The summed E-state index contributed by atoms with van der Waals surface area (Å²) in [5, 5.41) is 12.9. The maximum atomic E-state index is 12.3. The molecule has 4 aromatic rings. The largest absolute Gasteiger partial charge is 0.345 e. The van der Waals surface area contributed by atoms with Crippen molar-refractivity contribution < 1.29 is 0 Å². The van der Waals surface area contributed by atoms with E-state index >= 15 is 0 Å². The monoisotopic (exact) mass is 357 g/mol. The van der Waals surface area contributed by atoms with Crippen molar-refractivity contribution in [2.75, 3.05) is 0 Å². The number of benzene rings is 1. The van der Waals surface area contributed by atoms with Crippen LogP contribution in [0.5, 0.6) is 0 Å². The Labute approximate surface area is 153 Å². The smallest absolute Gasteiger partial charge is 0.209 e. The zero-order chi connectivity index (χ0) is 18.5. The minimum atomic E-state index is -0.180. The van der Waals surface area contributed by atoms with Crippen molar-refractivity contribution in [3.05, 3.63) is 64.2 Å². The first kappa shape index (κ1) is 15.6. The molecule has 5 rings (SSSR count). The van der Waals surface area contributed by atoms with E-state index in [1.54, 1.807) is 10.9 Å². The van der Waals surface area contributed by atoms with Gasteiger partial charge in [0.25, 0.3) is 0 Å². The number of pyridine rings is 1. The van der Waals surface area contributed by atoms with Crippen LogP contribution >= 0.6 is 0 Å². The fraction of sp³-hybridized carbons (Fsp3) is 0.158. The van der Waals surface area contributed by atoms with Gasteiger partial charge < -0.3 is 4.98 Å². The molecule has 0 aliphatic carbocycles. The third-order valence-corrected chi connectivity index (χ3v) is 4.59. The topological polar surface area (TPSA) is 101 Å². The molecule has 1 aliphatic rings. The fourth-order valence-corrected chi connectivity index (χ4v) is 3.20. The summed E-state index contributed by atoms with van der Waals surface area (Å²) < 4.78 is 1.67. The second-order valence-electron chi connectivity index (χ2n) is 6.50. The van der Waals surface area contributed by atoms with Gasteiger partial charge in [0.2, 0.25) is 5.43 Å². The molecule has 8 heteroatoms. The van der Waals surface area contributed by atoms with Crippen molar-refractivity contribution in [3.63, 3.8) is 0 Å². The van der Waals surface area contributed by atoms with Crippen LogP contribution in [0.15, 0.2) is 57.7 Å². The minimum absolute atomic E-state index is 0.00725. The molecule has 27 heavy (non-hydrogen) atoms. The molecule has 0 spiro atoms. The molecule has 0 saturated carbocycles. The predicted octanol–water partition coefficient (Wildman–Crippen LogP) is 3.64. The summed E-state index contributed by atoms with van der Waals surface area (Å²) in [5.41, 5.74) is 4.72. The SMILES string of the molecule is Cc1ccn(-c2nc3[nH]ccc(=O)c3nc2-c2ccc3c(c2)C(C)N=N3)n1. The third-order valence-electron chi connectivity index (χ3n) is 4.59. The summed E-state index contributed by atoms with van der Waals surface area (Å²) in [6, 6.07) is 9.17. The molecule has 1 atom stereocenters. The highest BCUT2D eigenvalue weighted by molar-refractivity contribution is 5.79. The summed E-state index contributed by atoms with van der Waals surface area (Å²) in [4.78, 5) is 24.6. The van der Waals surface area contributed by atoms with Gasteiger partial charge in [-0.05, 0) is 32.0 Å². The zero-order valence-corrected chi connectivity index (χ0v) is 14.7. The lowest BCUT2D eigenvalue weighted by atomic mass is 10.0. The average molecular weight is 357 g/mol. The number of hydrogen-bond donors (Lipinski definition) is 1. The second kappa shape index (κ2) is 5.66. The van der Waals surface area contributed by atoms with E-state index in [-0.39, 0.29) is 11.5 Å². The van der Waals surface area contributed by atoms with Crippen molar-refractivity contribution >= 4 is 16.9 Å². The molecule has 0 radical (unpaired) electrons. The van der Waals surface area contributed by atoms with Crippen LogP contribution in [0, 0.1) is 6.92 Å². The van der Waals surface area contributed by atoms with Crippen molar-refractivity contribution in [2.45, 2.75) is 19.9 Å². The van der Waals surface area contributed by atoms with Gasteiger partial charge in [-0.1, -0.05) is 6.07 Å². The van der Waals surface area contributed by atoms with Gasteiger partial charge in [-0.2, -0.15) is 15.3 Å². The summed E-state index contributed by atoms with van der Waals surface area (Å²) in [6.45, 7) is 3.90. The molecule has 1 aromatic carbocycles. The van der Waals surface area contributed by atoms with Crippen molar-refractivity contribution in [1.29, 1.82) is 0 Å². The van der Waals surface area contributed by atoms with E-state index in [0.717, 1.165) is 22.5 Å². The van der Waals surface area contributed by atoms with Gasteiger partial charge in [-0.3, -0.25) is 4.79 Å². The van der Waals surface area contributed by atoms with Gasteiger partial charge in [-0.25, -0.2) is 14.6 Å². The molecule has 1 unspecified atom stereocenters. The molecule has 0 fully saturated rings. The molecule has 132 valence electrons. The van der Waals surface area contributed by atoms with Gasteiger partial charge in [0.1, 0.15) is 5.69 Å². The Morgan fingerprint density at radius 2 is 2.04 bits per heavy atom. The van der Waals surface area contributed by atoms with Gasteiger partial charge in [0.05, 0.1) is 17.4 Å². The number of aryl methyl sites for hydroxylation is 1. The molecule has 1 N–H and O–H groups in total. The van der Waals surface area contributed by atoms with Crippen LogP contribution < -0.4 is 5.43 Å². The maximum Gasteiger partial charge on any atom is 0.209 e. The maximum absolute atomic E-state index is 12.3. The highest BCUT2D eigenvalue weighted by Crippen LogP contribution is 2.38. The van der Waals surface area contributed by atoms with E-state index < -0.39 is 0 Å². The van der Waals surface area contributed by atoms with E-state index in [9.17, 15) is 4.79 Å². The lowest BCUT2D eigenvalue weighted by molar-refractivity contribution is 0.811. The molecule has 1 aliphatic heterocycles. The zero-order valence-electron chi connectivity index (χ0n) is 14.7. The molecular formula is C19H15N7O. The Bertz CT molecular complexity index is 1280. The van der Waals surface area contributed by atoms with Crippen LogP contribution in [-0.4, -0.2) is 24.7 Å². The molecule has 3 aromatic heterocycles. The first-order chi connectivity index (χ1) is 13.1. The van der Waals surface area contributed by atoms with Gasteiger partial charge in [-0.15, -0.1) is 0 Å². The Balaban J connectivity index is 1.81. The number of aromatic amines is 1. The lowest BCUT2D eigenvalue weighted by Crippen LogP contribution is -2.10. The molecule has 4 heterocycles. The quantitative estimate of drug-likeness (QED) is 0.592. The Morgan fingerprint density at radius 3 is 2.85 bits per heavy atom. The molecule has 0 bridgehead atoms. The van der Waals surface area contributed by atoms with Gasteiger partial charge in [0.15, 0.2) is 17.0 Å².